The fourth-order valence-electron chi connectivity index (χ4n) is 3.71. The Morgan fingerprint density at radius 2 is 1.89 bits per heavy atom. The van der Waals surface area contributed by atoms with Crippen LogP contribution in [0.2, 0.25) is 0 Å². The first-order chi connectivity index (χ1) is 13.7. The van der Waals surface area contributed by atoms with Crippen molar-refractivity contribution < 1.29 is 4.79 Å². The van der Waals surface area contributed by atoms with Gasteiger partial charge in [0, 0.05) is 37.6 Å². The number of nitrogens with zero attached hydrogens (tertiary/aromatic N) is 3. The maximum atomic E-state index is 12.7. The van der Waals surface area contributed by atoms with E-state index in [1.54, 1.807) is 12.4 Å². The number of fused-ring (bicyclic) bond motifs is 1. The van der Waals surface area contributed by atoms with Gasteiger partial charge in [0.2, 0.25) is 0 Å². The normalized spacial score (nSPS) is 15.1. The highest BCUT2D eigenvalue weighted by Gasteiger charge is 2.17. The molecule has 0 saturated carbocycles. The quantitative estimate of drug-likeness (QED) is 0.687. The molecule has 2 aromatic carbocycles. The van der Waals surface area contributed by atoms with Gasteiger partial charge < -0.3 is 15.2 Å². The Labute approximate surface area is 165 Å². The number of hydrogen-bond donors (Lipinski definition) is 2. The number of para-hydroxylation sites is 1. The molecule has 1 aliphatic heterocycles. The first-order valence-corrected chi connectivity index (χ1v) is 10.1. The molecule has 1 amide bonds. The molecule has 4 rings (SSSR count). The number of imidazole rings is 1. The number of amides is 1. The third-order valence-electron chi connectivity index (χ3n) is 5.38. The number of unbranched alkanes of at least 4 members (excludes halogenated alkanes) is 1. The SMILES string of the molecule is CCCCN1CCN(c2ccc(NC(=O)c3cccc4[nH]cnc34)cc2)CC1. The van der Waals surface area contributed by atoms with Crippen molar-refractivity contribution >= 4 is 28.3 Å². The van der Waals surface area contributed by atoms with Crippen LogP contribution in [0.25, 0.3) is 11.0 Å². The van der Waals surface area contributed by atoms with Crippen LogP contribution in [-0.2, 0) is 0 Å². The topological polar surface area (TPSA) is 64.3 Å². The molecule has 6 heteroatoms. The molecule has 2 heterocycles. The molecule has 1 saturated heterocycles. The van der Waals surface area contributed by atoms with Gasteiger partial charge in [0.15, 0.2) is 0 Å². The highest BCUT2D eigenvalue weighted by Crippen LogP contribution is 2.21. The van der Waals surface area contributed by atoms with E-state index < -0.39 is 0 Å². The zero-order chi connectivity index (χ0) is 19.3. The summed E-state index contributed by atoms with van der Waals surface area (Å²) >= 11 is 0. The summed E-state index contributed by atoms with van der Waals surface area (Å²) in [5, 5.41) is 2.98. The van der Waals surface area contributed by atoms with Gasteiger partial charge in [-0.15, -0.1) is 0 Å². The first-order valence-electron chi connectivity index (χ1n) is 10.1. The lowest BCUT2D eigenvalue weighted by molar-refractivity contribution is 0.102. The number of H-pyrrole nitrogens is 1. The minimum Gasteiger partial charge on any atom is -0.369 e. The van der Waals surface area contributed by atoms with Gasteiger partial charge in [0.05, 0.1) is 17.4 Å². The van der Waals surface area contributed by atoms with Crippen molar-refractivity contribution in [2.24, 2.45) is 0 Å². The molecule has 1 aliphatic rings. The predicted molar refractivity (Wildman–Crippen MR) is 114 cm³/mol. The van der Waals surface area contributed by atoms with E-state index in [2.05, 4.69) is 44.1 Å². The summed E-state index contributed by atoms with van der Waals surface area (Å²) in [5.41, 5.74) is 4.13. The molecule has 0 atom stereocenters. The summed E-state index contributed by atoms with van der Waals surface area (Å²) in [5.74, 6) is -0.144. The summed E-state index contributed by atoms with van der Waals surface area (Å²) in [6.07, 6.45) is 4.14. The van der Waals surface area contributed by atoms with Gasteiger partial charge in [-0.1, -0.05) is 19.4 Å². The summed E-state index contributed by atoms with van der Waals surface area (Å²) in [6, 6.07) is 13.7. The van der Waals surface area contributed by atoms with Crippen LogP contribution in [0.3, 0.4) is 0 Å². The minimum atomic E-state index is -0.144. The summed E-state index contributed by atoms with van der Waals surface area (Å²) < 4.78 is 0. The Hall–Kier alpha value is -2.86. The van der Waals surface area contributed by atoms with E-state index in [9.17, 15) is 4.79 Å². The number of aromatic nitrogens is 2. The lowest BCUT2D eigenvalue weighted by atomic mass is 10.1. The van der Waals surface area contributed by atoms with Crippen molar-refractivity contribution in [2.45, 2.75) is 19.8 Å². The third-order valence-corrected chi connectivity index (χ3v) is 5.38. The van der Waals surface area contributed by atoms with Crippen LogP contribution >= 0.6 is 0 Å². The van der Waals surface area contributed by atoms with E-state index in [0.717, 1.165) is 37.4 Å². The van der Waals surface area contributed by atoms with E-state index >= 15 is 0 Å². The van der Waals surface area contributed by atoms with Gasteiger partial charge in [-0.25, -0.2) is 4.98 Å². The lowest BCUT2D eigenvalue weighted by Gasteiger charge is -2.36. The predicted octanol–water partition coefficient (Wildman–Crippen LogP) is 3.74. The van der Waals surface area contributed by atoms with Gasteiger partial charge in [0.1, 0.15) is 5.52 Å². The molecular formula is C22H27N5O. The molecule has 28 heavy (non-hydrogen) atoms. The average molecular weight is 377 g/mol. The molecule has 1 fully saturated rings. The van der Waals surface area contributed by atoms with E-state index in [1.807, 2.05) is 24.3 Å². The van der Waals surface area contributed by atoms with Crippen LogP contribution in [0.4, 0.5) is 11.4 Å². The van der Waals surface area contributed by atoms with Gasteiger partial charge >= 0.3 is 0 Å². The van der Waals surface area contributed by atoms with E-state index in [0.29, 0.717) is 11.1 Å². The maximum Gasteiger partial charge on any atom is 0.257 e. The Bertz CT molecular complexity index is 926. The molecular weight excluding hydrogens is 350 g/mol. The number of carbonyl (C=O) groups excluding carboxylic acids is 1. The molecule has 2 N–H and O–H groups in total. The summed E-state index contributed by atoms with van der Waals surface area (Å²) in [6.45, 7) is 7.79. The molecule has 0 spiro atoms. The molecule has 0 bridgehead atoms. The van der Waals surface area contributed by atoms with Crippen LogP contribution < -0.4 is 10.2 Å². The molecule has 146 valence electrons. The molecule has 0 unspecified atom stereocenters. The van der Waals surface area contributed by atoms with Crippen LogP contribution in [0.5, 0.6) is 0 Å². The zero-order valence-electron chi connectivity index (χ0n) is 16.3. The summed E-state index contributed by atoms with van der Waals surface area (Å²) in [7, 11) is 0. The largest absolute Gasteiger partial charge is 0.369 e. The number of anilines is 2. The van der Waals surface area contributed by atoms with Crippen molar-refractivity contribution in [3.63, 3.8) is 0 Å². The Morgan fingerprint density at radius 3 is 2.64 bits per heavy atom. The van der Waals surface area contributed by atoms with Crippen molar-refractivity contribution in [1.29, 1.82) is 0 Å². The van der Waals surface area contributed by atoms with Crippen molar-refractivity contribution in [1.82, 2.24) is 14.9 Å². The second-order valence-corrected chi connectivity index (χ2v) is 7.29. The molecule has 0 radical (unpaired) electrons. The molecule has 0 aliphatic carbocycles. The smallest absolute Gasteiger partial charge is 0.257 e. The monoisotopic (exact) mass is 377 g/mol. The second-order valence-electron chi connectivity index (χ2n) is 7.29. The molecule has 3 aromatic rings. The number of rotatable bonds is 6. The zero-order valence-corrected chi connectivity index (χ0v) is 16.3. The highest BCUT2D eigenvalue weighted by molar-refractivity contribution is 6.11. The van der Waals surface area contributed by atoms with Crippen molar-refractivity contribution in [3.05, 3.63) is 54.4 Å². The Morgan fingerprint density at radius 1 is 1.11 bits per heavy atom. The highest BCUT2D eigenvalue weighted by atomic mass is 16.1. The first kappa shape index (κ1) is 18.5. The fraction of sp³-hybridized carbons (Fsp3) is 0.364. The number of carbonyl (C=O) groups is 1. The van der Waals surface area contributed by atoms with Crippen molar-refractivity contribution in [2.75, 3.05) is 42.9 Å². The maximum absolute atomic E-state index is 12.7. The Kier molecular flexibility index (Phi) is 5.58. The van der Waals surface area contributed by atoms with Crippen LogP contribution in [0.1, 0.15) is 30.1 Å². The second kappa shape index (κ2) is 8.44. The van der Waals surface area contributed by atoms with Gasteiger partial charge in [-0.3, -0.25) is 9.69 Å². The molecule has 6 nitrogen and oxygen atoms in total. The minimum absolute atomic E-state index is 0.144. The van der Waals surface area contributed by atoms with E-state index in [4.69, 9.17) is 0 Å². The Balaban J connectivity index is 1.37. The van der Waals surface area contributed by atoms with Gasteiger partial charge in [0.25, 0.3) is 5.91 Å². The third kappa shape index (κ3) is 4.02. The van der Waals surface area contributed by atoms with Crippen LogP contribution in [0, 0.1) is 0 Å². The summed E-state index contributed by atoms with van der Waals surface area (Å²) in [4.78, 5) is 24.9. The number of benzene rings is 2. The number of piperazine rings is 1. The number of hydrogen-bond acceptors (Lipinski definition) is 4. The van der Waals surface area contributed by atoms with E-state index in [1.165, 1.54) is 25.1 Å². The van der Waals surface area contributed by atoms with Crippen molar-refractivity contribution in [3.8, 4) is 0 Å². The lowest BCUT2D eigenvalue weighted by Crippen LogP contribution is -2.46. The van der Waals surface area contributed by atoms with Crippen LogP contribution in [-0.4, -0.2) is 53.5 Å². The van der Waals surface area contributed by atoms with Crippen LogP contribution in [0.15, 0.2) is 48.8 Å². The number of nitrogens with one attached hydrogen (secondary N) is 2. The van der Waals surface area contributed by atoms with Gasteiger partial charge in [-0.05, 0) is 49.4 Å². The number of aromatic amines is 1. The van der Waals surface area contributed by atoms with Gasteiger partial charge in [-0.2, -0.15) is 0 Å². The standard InChI is InChI=1S/C22H27N5O/c1-2-3-11-26-12-14-27(15-13-26)18-9-7-17(8-10-18)25-22(28)19-5-4-6-20-21(19)24-16-23-20/h4-10,16H,2-3,11-15H2,1H3,(H,23,24)(H,25,28). The van der Waals surface area contributed by atoms with E-state index in [-0.39, 0.29) is 5.91 Å². The molecule has 1 aromatic heterocycles. The average Bonchev–Trinajstić information content (AvgIpc) is 3.22. The fourth-order valence-corrected chi connectivity index (χ4v) is 3.71.